The van der Waals surface area contributed by atoms with Crippen molar-refractivity contribution in [2.24, 2.45) is 0 Å². The normalized spacial score (nSPS) is 18.8. The molecule has 1 aliphatic heterocycles. The van der Waals surface area contributed by atoms with Gasteiger partial charge in [0.05, 0.1) is 0 Å². The van der Waals surface area contributed by atoms with Crippen molar-refractivity contribution in [1.82, 2.24) is 9.80 Å². The van der Waals surface area contributed by atoms with Crippen molar-refractivity contribution in [3.63, 3.8) is 0 Å². The zero-order valence-electron chi connectivity index (χ0n) is 10.9. The van der Waals surface area contributed by atoms with E-state index in [1.165, 1.54) is 32.5 Å². The van der Waals surface area contributed by atoms with Crippen LogP contribution in [0.3, 0.4) is 0 Å². The highest BCUT2D eigenvalue weighted by Gasteiger charge is 2.20. The Morgan fingerprint density at radius 3 is 2.20 bits per heavy atom. The Hall–Kier alpha value is 0.270. The summed E-state index contributed by atoms with van der Waals surface area (Å²) in [5, 5.41) is 0. The highest BCUT2D eigenvalue weighted by atomic mass is 32.1. The zero-order valence-corrected chi connectivity index (χ0v) is 11.8. The van der Waals surface area contributed by atoms with Crippen LogP contribution < -0.4 is 0 Å². The topological polar surface area (TPSA) is 6.48 Å². The lowest BCUT2D eigenvalue weighted by Crippen LogP contribution is -2.44. The molecular weight excluding hydrogens is 204 g/mol. The Morgan fingerprint density at radius 2 is 1.80 bits per heavy atom. The average Bonchev–Trinajstić information content (AvgIpc) is 2.30. The van der Waals surface area contributed by atoms with E-state index in [-0.39, 0.29) is 0 Å². The number of piperidine rings is 1. The first kappa shape index (κ1) is 15.3. The maximum atomic E-state index is 4.30. The lowest BCUT2D eigenvalue weighted by Gasteiger charge is -2.36. The van der Waals surface area contributed by atoms with E-state index >= 15 is 0 Å². The van der Waals surface area contributed by atoms with Crippen LogP contribution in [-0.2, 0) is 0 Å². The summed E-state index contributed by atoms with van der Waals surface area (Å²) in [6.07, 6.45) is 2.66. The molecule has 0 radical (unpaired) electrons. The fourth-order valence-corrected chi connectivity index (χ4v) is 2.34. The molecule has 92 valence electrons. The van der Waals surface area contributed by atoms with Gasteiger partial charge in [-0.25, -0.2) is 0 Å². The van der Waals surface area contributed by atoms with Crippen molar-refractivity contribution in [2.75, 3.05) is 39.0 Å². The predicted octanol–water partition coefficient (Wildman–Crippen LogP) is 2.36. The fraction of sp³-hybridized carbons (Fsp3) is 1.00. The summed E-state index contributed by atoms with van der Waals surface area (Å²) in [6, 6.07) is 0.813. The van der Waals surface area contributed by atoms with Gasteiger partial charge in [-0.1, -0.05) is 20.8 Å². The van der Waals surface area contributed by atoms with Crippen LogP contribution in [0.25, 0.3) is 0 Å². The smallest absolute Gasteiger partial charge is 0.0120 e. The maximum absolute atomic E-state index is 4.30. The summed E-state index contributed by atoms with van der Waals surface area (Å²) in [4.78, 5) is 4.99. The number of nitrogens with zero attached hydrogens (tertiary/aromatic N) is 2. The summed E-state index contributed by atoms with van der Waals surface area (Å²) in [6.45, 7) is 11.1. The summed E-state index contributed by atoms with van der Waals surface area (Å²) in [7, 11) is 2.21. The van der Waals surface area contributed by atoms with Gasteiger partial charge in [0.15, 0.2) is 0 Å². The van der Waals surface area contributed by atoms with Crippen LogP contribution in [0.15, 0.2) is 0 Å². The highest BCUT2D eigenvalue weighted by molar-refractivity contribution is 7.80. The first-order chi connectivity index (χ1) is 7.27. The molecule has 1 heterocycles. The molecular formula is C12H28N2S. The van der Waals surface area contributed by atoms with E-state index in [9.17, 15) is 0 Å². The fourth-order valence-electron chi connectivity index (χ4n) is 2.09. The summed E-state index contributed by atoms with van der Waals surface area (Å²) in [5.74, 6) is 0.986. The van der Waals surface area contributed by atoms with E-state index in [0.29, 0.717) is 0 Å². The number of hydrogen-bond acceptors (Lipinski definition) is 3. The summed E-state index contributed by atoms with van der Waals surface area (Å²) in [5.41, 5.74) is 0. The van der Waals surface area contributed by atoms with Gasteiger partial charge in [-0.2, -0.15) is 12.6 Å². The van der Waals surface area contributed by atoms with Gasteiger partial charge in [-0.15, -0.1) is 0 Å². The SMILES string of the molecule is CC.CCN(CCS)C1CCN(C)CC1. The van der Waals surface area contributed by atoms with E-state index in [1.54, 1.807) is 0 Å². The minimum atomic E-state index is 0.813. The van der Waals surface area contributed by atoms with Crippen LogP contribution >= 0.6 is 12.6 Å². The molecule has 3 heteroatoms. The third-order valence-corrected chi connectivity index (χ3v) is 3.20. The monoisotopic (exact) mass is 232 g/mol. The van der Waals surface area contributed by atoms with Crippen LogP contribution in [0.2, 0.25) is 0 Å². The van der Waals surface area contributed by atoms with Crippen molar-refractivity contribution in [1.29, 1.82) is 0 Å². The molecule has 0 aliphatic carbocycles. The van der Waals surface area contributed by atoms with Crippen LogP contribution in [0.1, 0.15) is 33.6 Å². The molecule has 0 saturated carbocycles. The lowest BCUT2D eigenvalue weighted by atomic mass is 10.0. The van der Waals surface area contributed by atoms with Gasteiger partial charge in [-0.05, 0) is 39.5 Å². The maximum Gasteiger partial charge on any atom is 0.0120 e. The second-order valence-corrected chi connectivity index (χ2v) is 4.33. The van der Waals surface area contributed by atoms with E-state index in [2.05, 4.69) is 36.4 Å². The van der Waals surface area contributed by atoms with Gasteiger partial charge < -0.3 is 4.90 Å². The van der Waals surface area contributed by atoms with Crippen molar-refractivity contribution in [3.8, 4) is 0 Å². The number of likely N-dealkylation sites (tertiary alicyclic amines) is 1. The zero-order chi connectivity index (χ0) is 11.7. The first-order valence-electron chi connectivity index (χ1n) is 6.31. The van der Waals surface area contributed by atoms with Gasteiger partial charge in [0.25, 0.3) is 0 Å². The summed E-state index contributed by atoms with van der Waals surface area (Å²) >= 11 is 4.30. The van der Waals surface area contributed by atoms with E-state index in [1.807, 2.05) is 13.8 Å². The van der Waals surface area contributed by atoms with Gasteiger partial charge in [0.2, 0.25) is 0 Å². The molecule has 0 spiro atoms. The van der Waals surface area contributed by atoms with Gasteiger partial charge in [-0.3, -0.25) is 4.90 Å². The van der Waals surface area contributed by atoms with Crippen LogP contribution in [0.5, 0.6) is 0 Å². The van der Waals surface area contributed by atoms with Crippen molar-refractivity contribution >= 4 is 12.6 Å². The molecule has 0 aromatic rings. The van der Waals surface area contributed by atoms with Crippen molar-refractivity contribution < 1.29 is 0 Å². The van der Waals surface area contributed by atoms with Crippen molar-refractivity contribution in [3.05, 3.63) is 0 Å². The first-order valence-corrected chi connectivity index (χ1v) is 6.94. The Morgan fingerprint density at radius 1 is 1.27 bits per heavy atom. The van der Waals surface area contributed by atoms with E-state index < -0.39 is 0 Å². The molecule has 0 unspecified atom stereocenters. The standard InChI is InChI=1S/C10H22N2S.C2H6/c1-3-12(8-9-13)10-4-6-11(2)7-5-10;1-2/h10,13H,3-9H2,1-2H3;1-2H3. The average molecular weight is 232 g/mol. The number of hydrogen-bond donors (Lipinski definition) is 1. The van der Waals surface area contributed by atoms with Gasteiger partial charge in [0.1, 0.15) is 0 Å². The Bertz CT molecular complexity index is 134. The van der Waals surface area contributed by atoms with E-state index in [0.717, 1.165) is 18.3 Å². The van der Waals surface area contributed by atoms with Gasteiger partial charge >= 0.3 is 0 Å². The molecule has 0 N–H and O–H groups in total. The summed E-state index contributed by atoms with van der Waals surface area (Å²) < 4.78 is 0. The van der Waals surface area contributed by atoms with Crippen molar-refractivity contribution in [2.45, 2.75) is 39.7 Å². The van der Waals surface area contributed by atoms with Gasteiger partial charge in [0, 0.05) is 18.3 Å². The van der Waals surface area contributed by atoms with Crippen LogP contribution in [0, 0.1) is 0 Å². The highest BCUT2D eigenvalue weighted by Crippen LogP contribution is 2.14. The third-order valence-electron chi connectivity index (χ3n) is 3.00. The minimum Gasteiger partial charge on any atom is -0.306 e. The molecule has 1 rings (SSSR count). The molecule has 1 saturated heterocycles. The van der Waals surface area contributed by atoms with Crippen LogP contribution in [0.4, 0.5) is 0 Å². The second kappa shape index (κ2) is 9.49. The Balaban J connectivity index is 0.000000921. The molecule has 1 aliphatic rings. The molecule has 0 aromatic heterocycles. The Labute approximate surface area is 101 Å². The number of thiol groups is 1. The molecule has 15 heavy (non-hydrogen) atoms. The molecule has 2 nitrogen and oxygen atoms in total. The van der Waals surface area contributed by atoms with Crippen LogP contribution in [-0.4, -0.2) is 54.8 Å². The predicted molar refractivity (Wildman–Crippen MR) is 73.0 cm³/mol. The Kier molecular flexibility index (Phi) is 9.66. The molecule has 0 aromatic carbocycles. The molecule has 0 bridgehead atoms. The lowest BCUT2D eigenvalue weighted by molar-refractivity contribution is 0.132. The second-order valence-electron chi connectivity index (χ2n) is 3.89. The molecule has 1 fully saturated rings. The quantitative estimate of drug-likeness (QED) is 0.744. The van der Waals surface area contributed by atoms with E-state index in [4.69, 9.17) is 0 Å². The molecule has 0 atom stereocenters. The molecule has 0 amide bonds. The minimum absolute atomic E-state index is 0.813. The number of rotatable bonds is 4. The third kappa shape index (κ3) is 5.79. The largest absolute Gasteiger partial charge is 0.306 e.